The molecule has 0 aliphatic carbocycles. The lowest BCUT2D eigenvalue weighted by Gasteiger charge is -2.37. The smallest absolute Gasteiger partial charge is 0.230 e. The molecule has 2 N–H and O–H groups in total. The monoisotopic (exact) mass is 401 g/mol. The van der Waals surface area contributed by atoms with Crippen molar-refractivity contribution >= 4 is 29.9 Å². The Bertz CT molecular complexity index is 574. The molecule has 0 bridgehead atoms. The van der Waals surface area contributed by atoms with Gasteiger partial charge < -0.3 is 20.3 Å². The van der Waals surface area contributed by atoms with Gasteiger partial charge in [-0.2, -0.15) is 0 Å². The summed E-state index contributed by atoms with van der Waals surface area (Å²) in [6.07, 6.45) is 2.33. The Kier molecular flexibility index (Phi) is 8.64. The van der Waals surface area contributed by atoms with Gasteiger partial charge in [-0.05, 0) is 37.4 Å². The number of amides is 1. The standard InChI is InChI=1S/C19H28ClN3O2.ClH/c20-17-5-2-1-4-16(17)19(6-14-25-15-7-19)18(24)22-8-3-11-23-12-9-21-10-13-23;/h1-2,4-5,21H,3,6-15H2,(H,22,24);1H. The molecule has 1 aromatic rings. The average molecular weight is 402 g/mol. The number of hydrogen-bond acceptors (Lipinski definition) is 4. The molecule has 146 valence electrons. The van der Waals surface area contributed by atoms with Crippen molar-refractivity contribution in [2.24, 2.45) is 0 Å². The van der Waals surface area contributed by atoms with Crippen LogP contribution in [0.2, 0.25) is 5.02 Å². The minimum atomic E-state index is -0.564. The van der Waals surface area contributed by atoms with Crippen molar-refractivity contribution in [2.45, 2.75) is 24.7 Å². The average Bonchev–Trinajstić information content (AvgIpc) is 2.67. The topological polar surface area (TPSA) is 53.6 Å². The fourth-order valence-electron chi connectivity index (χ4n) is 3.80. The molecule has 2 fully saturated rings. The molecule has 0 unspecified atom stereocenters. The van der Waals surface area contributed by atoms with Gasteiger partial charge in [-0.1, -0.05) is 29.8 Å². The Balaban J connectivity index is 0.00000243. The molecule has 0 aromatic heterocycles. The van der Waals surface area contributed by atoms with Gasteiger partial charge in [0.2, 0.25) is 5.91 Å². The third-order valence-corrected chi connectivity index (χ3v) is 5.65. The molecule has 2 aliphatic heterocycles. The molecule has 5 nitrogen and oxygen atoms in total. The van der Waals surface area contributed by atoms with Crippen LogP contribution in [0.25, 0.3) is 0 Å². The summed E-state index contributed by atoms with van der Waals surface area (Å²) < 4.78 is 5.51. The van der Waals surface area contributed by atoms with E-state index in [0.29, 0.717) is 37.6 Å². The van der Waals surface area contributed by atoms with E-state index in [1.165, 1.54) is 0 Å². The van der Waals surface area contributed by atoms with Crippen LogP contribution in [0.3, 0.4) is 0 Å². The summed E-state index contributed by atoms with van der Waals surface area (Å²) >= 11 is 6.42. The number of halogens is 2. The van der Waals surface area contributed by atoms with Crippen LogP contribution in [-0.4, -0.2) is 63.3 Å². The maximum atomic E-state index is 13.1. The predicted octanol–water partition coefficient (Wildman–Crippen LogP) is 2.22. The number of rotatable bonds is 6. The van der Waals surface area contributed by atoms with Crippen LogP contribution < -0.4 is 10.6 Å². The van der Waals surface area contributed by atoms with Crippen LogP contribution in [0.1, 0.15) is 24.8 Å². The quantitative estimate of drug-likeness (QED) is 0.717. The Labute approximate surface area is 167 Å². The molecule has 0 saturated carbocycles. The number of benzene rings is 1. The van der Waals surface area contributed by atoms with Crippen molar-refractivity contribution < 1.29 is 9.53 Å². The summed E-state index contributed by atoms with van der Waals surface area (Å²) in [5.74, 6) is 0.0872. The van der Waals surface area contributed by atoms with Gasteiger partial charge in [0, 0.05) is 51.0 Å². The molecule has 0 radical (unpaired) electrons. The predicted molar refractivity (Wildman–Crippen MR) is 107 cm³/mol. The molecule has 2 aliphatic rings. The first-order chi connectivity index (χ1) is 12.2. The third-order valence-electron chi connectivity index (χ3n) is 5.32. The van der Waals surface area contributed by atoms with Crippen LogP contribution in [-0.2, 0) is 14.9 Å². The minimum absolute atomic E-state index is 0. The number of ether oxygens (including phenoxy) is 1. The highest BCUT2D eigenvalue weighted by Crippen LogP contribution is 2.38. The number of nitrogens with one attached hydrogen (secondary N) is 2. The molecule has 1 amide bonds. The second-order valence-corrected chi connectivity index (χ2v) is 7.28. The first-order valence-electron chi connectivity index (χ1n) is 9.26. The van der Waals surface area contributed by atoms with E-state index in [0.717, 1.165) is 44.7 Å². The van der Waals surface area contributed by atoms with Crippen molar-refractivity contribution in [3.8, 4) is 0 Å². The number of nitrogens with zero attached hydrogens (tertiary/aromatic N) is 1. The fourth-order valence-corrected chi connectivity index (χ4v) is 4.11. The van der Waals surface area contributed by atoms with Crippen LogP contribution in [0.15, 0.2) is 24.3 Å². The summed E-state index contributed by atoms with van der Waals surface area (Å²) in [7, 11) is 0. The van der Waals surface area contributed by atoms with E-state index < -0.39 is 5.41 Å². The van der Waals surface area contributed by atoms with Gasteiger partial charge in [-0.3, -0.25) is 4.79 Å². The number of carbonyl (C=O) groups is 1. The number of carbonyl (C=O) groups excluding carboxylic acids is 1. The maximum absolute atomic E-state index is 13.1. The molecule has 2 saturated heterocycles. The highest BCUT2D eigenvalue weighted by Gasteiger charge is 2.42. The van der Waals surface area contributed by atoms with Gasteiger partial charge in [-0.25, -0.2) is 0 Å². The third kappa shape index (κ3) is 5.11. The van der Waals surface area contributed by atoms with Gasteiger partial charge in [0.05, 0.1) is 5.41 Å². The zero-order chi connectivity index (χ0) is 17.5. The SMILES string of the molecule is Cl.O=C(NCCCN1CCNCC1)C1(c2ccccc2Cl)CCOCC1. The summed E-state index contributed by atoms with van der Waals surface area (Å²) in [5.41, 5.74) is 0.366. The van der Waals surface area contributed by atoms with Crippen molar-refractivity contribution in [1.82, 2.24) is 15.5 Å². The Morgan fingerprint density at radius 3 is 2.62 bits per heavy atom. The largest absolute Gasteiger partial charge is 0.381 e. The van der Waals surface area contributed by atoms with Crippen molar-refractivity contribution in [3.63, 3.8) is 0 Å². The van der Waals surface area contributed by atoms with Gasteiger partial charge in [0.1, 0.15) is 0 Å². The van der Waals surface area contributed by atoms with E-state index in [-0.39, 0.29) is 18.3 Å². The second-order valence-electron chi connectivity index (χ2n) is 6.88. The van der Waals surface area contributed by atoms with Crippen LogP contribution in [0.5, 0.6) is 0 Å². The summed E-state index contributed by atoms with van der Waals surface area (Å²) in [6.45, 7) is 7.23. The van der Waals surface area contributed by atoms with Crippen molar-refractivity contribution in [1.29, 1.82) is 0 Å². The van der Waals surface area contributed by atoms with Gasteiger partial charge >= 0.3 is 0 Å². The molecule has 3 rings (SSSR count). The lowest BCUT2D eigenvalue weighted by atomic mass is 9.73. The summed E-state index contributed by atoms with van der Waals surface area (Å²) in [4.78, 5) is 15.5. The van der Waals surface area contributed by atoms with E-state index in [1.54, 1.807) is 0 Å². The Morgan fingerprint density at radius 1 is 1.23 bits per heavy atom. The Hall–Kier alpha value is -0.850. The maximum Gasteiger partial charge on any atom is 0.230 e. The van der Waals surface area contributed by atoms with Crippen molar-refractivity contribution in [3.05, 3.63) is 34.9 Å². The normalized spacial score (nSPS) is 20.2. The van der Waals surface area contributed by atoms with E-state index in [2.05, 4.69) is 15.5 Å². The first-order valence-corrected chi connectivity index (χ1v) is 9.64. The molecular formula is C19H29Cl2N3O2. The number of hydrogen-bond donors (Lipinski definition) is 2. The van der Waals surface area contributed by atoms with E-state index >= 15 is 0 Å². The number of piperazine rings is 1. The minimum Gasteiger partial charge on any atom is -0.381 e. The molecule has 0 spiro atoms. The highest BCUT2D eigenvalue weighted by atomic mass is 35.5. The van der Waals surface area contributed by atoms with Crippen LogP contribution in [0, 0.1) is 0 Å². The summed E-state index contributed by atoms with van der Waals surface area (Å²) in [6, 6.07) is 7.71. The summed E-state index contributed by atoms with van der Waals surface area (Å²) in [5, 5.41) is 7.19. The lowest BCUT2D eigenvalue weighted by molar-refractivity contribution is -0.130. The van der Waals surface area contributed by atoms with Crippen LogP contribution >= 0.6 is 24.0 Å². The van der Waals surface area contributed by atoms with E-state index in [9.17, 15) is 4.79 Å². The molecule has 7 heteroatoms. The fraction of sp³-hybridized carbons (Fsp3) is 0.632. The zero-order valence-corrected chi connectivity index (χ0v) is 16.7. The highest BCUT2D eigenvalue weighted by molar-refractivity contribution is 6.31. The van der Waals surface area contributed by atoms with Gasteiger partial charge in [-0.15, -0.1) is 12.4 Å². The van der Waals surface area contributed by atoms with E-state index in [1.807, 2.05) is 24.3 Å². The zero-order valence-electron chi connectivity index (χ0n) is 15.1. The van der Waals surface area contributed by atoms with Crippen LogP contribution in [0.4, 0.5) is 0 Å². The molecule has 1 aromatic carbocycles. The molecule has 2 heterocycles. The van der Waals surface area contributed by atoms with Crippen molar-refractivity contribution in [2.75, 3.05) is 52.5 Å². The Morgan fingerprint density at radius 2 is 1.92 bits per heavy atom. The van der Waals surface area contributed by atoms with Gasteiger partial charge in [0.15, 0.2) is 0 Å². The second kappa shape index (κ2) is 10.5. The lowest BCUT2D eigenvalue weighted by Crippen LogP contribution is -2.49. The molecular weight excluding hydrogens is 373 g/mol. The van der Waals surface area contributed by atoms with Gasteiger partial charge in [0.25, 0.3) is 0 Å². The van der Waals surface area contributed by atoms with E-state index in [4.69, 9.17) is 16.3 Å². The molecule has 26 heavy (non-hydrogen) atoms. The first kappa shape index (κ1) is 21.5. The molecule has 0 atom stereocenters.